The van der Waals surface area contributed by atoms with Gasteiger partial charge in [-0.1, -0.05) is 6.92 Å². The van der Waals surface area contributed by atoms with Crippen LogP contribution < -0.4 is 11.3 Å². The molecule has 1 atom stereocenters. The summed E-state index contributed by atoms with van der Waals surface area (Å²) in [6.07, 6.45) is 4.77. The summed E-state index contributed by atoms with van der Waals surface area (Å²) in [5.41, 5.74) is 3.69. The number of amides is 1. The highest BCUT2D eigenvalue weighted by Gasteiger charge is 2.28. The van der Waals surface area contributed by atoms with Crippen molar-refractivity contribution in [3.63, 3.8) is 0 Å². The van der Waals surface area contributed by atoms with Gasteiger partial charge in [-0.25, -0.2) is 0 Å². The molecule has 1 unspecified atom stereocenters. The average Bonchev–Trinajstić information content (AvgIpc) is 2.86. The first-order valence-corrected chi connectivity index (χ1v) is 6.00. The van der Waals surface area contributed by atoms with Crippen molar-refractivity contribution in [1.82, 2.24) is 9.88 Å². The van der Waals surface area contributed by atoms with E-state index in [1.807, 2.05) is 4.90 Å². The molecule has 0 aliphatic carbocycles. The van der Waals surface area contributed by atoms with Gasteiger partial charge in [0.25, 0.3) is 5.91 Å². The Morgan fingerprint density at radius 1 is 1.71 bits per heavy atom. The minimum absolute atomic E-state index is 0.00597. The summed E-state index contributed by atoms with van der Waals surface area (Å²) in [5.74, 6) is 5.33. The molecule has 0 spiro atoms. The van der Waals surface area contributed by atoms with Gasteiger partial charge < -0.3 is 10.3 Å². The fraction of sp³-hybridized carbons (Fsp3) is 0.500. The lowest BCUT2D eigenvalue weighted by Crippen LogP contribution is -2.35. The van der Waals surface area contributed by atoms with Crippen molar-refractivity contribution in [2.24, 2.45) is 5.84 Å². The third kappa shape index (κ3) is 2.39. The number of anilines is 1. The SMILES string of the molecule is CCC1CCCN1C(=O)c1cc(NN)ccn1. The van der Waals surface area contributed by atoms with Gasteiger partial charge in [-0.2, -0.15) is 0 Å². The Morgan fingerprint density at radius 2 is 2.53 bits per heavy atom. The van der Waals surface area contributed by atoms with Crippen LogP contribution in [0.1, 0.15) is 36.7 Å². The predicted molar refractivity (Wildman–Crippen MR) is 66.4 cm³/mol. The van der Waals surface area contributed by atoms with Crippen molar-refractivity contribution in [1.29, 1.82) is 0 Å². The Morgan fingerprint density at radius 3 is 3.24 bits per heavy atom. The number of likely N-dealkylation sites (tertiary alicyclic amines) is 1. The molecular formula is C12H18N4O. The number of hydrogen-bond donors (Lipinski definition) is 2. The van der Waals surface area contributed by atoms with E-state index < -0.39 is 0 Å². The molecule has 1 amide bonds. The van der Waals surface area contributed by atoms with Crippen LogP contribution in [0.4, 0.5) is 5.69 Å². The minimum Gasteiger partial charge on any atom is -0.334 e. The zero-order valence-corrected chi connectivity index (χ0v) is 10.0. The van der Waals surface area contributed by atoms with Crippen molar-refractivity contribution < 1.29 is 4.79 Å². The Labute approximate surface area is 101 Å². The maximum atomic E-state index is 12.3. The molecule has 2 heterocycles. The molecule has 1 aromatic rings. The van der Waals surface area contributed by atoms with Gasteiger partial charge >= 0.3 is 0 Å². The number of rotatable bonds is 3. The molecule has 0 bridgehead atoms. The van der Waals surface area contributed by atoms with Crippen molar-refractivity contribution in [2.45, 2.75) is 32.2 Å². The number of carbonyl (C=O) groups excluding carboxylic acids is 1. The number of nitrogens with zero attached hydrogens (tertiary/aromatic N) is 2. The van der Waals surface area contributed by atoms with E-state index in [0.29, 0.717) is 17.4 Å². The number of hydrogen-bond acceptors (Lipinski definition) is 4. The molecule has 2 rings (SSSR count). The summed E-state index contributed by atoms with van der Waals surface area (Å²) in [6.45, 7) is 2.95. The molecule has 1 saturated heterocycles. The maximum absolute atomic E-state index is 12.3. The fourth-order valence-corrected chi connectivity index (χ4v) is 2.31. The minimum atomic E-state index is 0.00597. The van der Waals surface area contributed by atoms with Crippen LogP contribution in [-0.4, -0.2) is 28.4 Å². The highest BCUT2D eigenvalue weighted by molar-refractivity contribution is 5.93. The van der Waals surface area contributed by atoms with E-state index in [2.05, 4.69) is 17.3 Å². The van der Waals surface area contributed by atoms with Crippen molar-refractivity contribution >= 4 is 11.6 Å². The number of pyridine rings is 1. The molecule has 1 aromatic heterocycles. The number of hydrazine groups is 1. The largest absolute Gasteiger partial charge is 0.334 e. The lowest BCUT2D eigenvalue weighted by molar-refractivity contribution is 0.0728. The number of nitrogen functional groups attached to an aromatic ring is 1. The molecule has 0 saturated carbocycles. The third-order valence-electron chi connectivity index (χ3n) is 3.25. The standard InChI is InChI=1S/C12H18N4O/c1-2-10-4-3-7-16(10)12(17)11-8-9(15-13)5-6-14-11/h5-6,8,10H,2-4,7,13H2,1H3,(H,14,15). The van der Waals surface area contributed by atoms with E-state index in [-0.39, 0.29) is 5.91 Å². The zero-order chi connectivity index (χ0) is 12.3. The lowest BCUT2D eigenvalue weighted by Gasteiger charge is -2.23. The second kappa shape index (κ2) is 5.14. The van der Waals surface area contributed by atoms with E-state index in [1.54, 1.807) is 18.3 Å². The molecule has 92 valence electrons. The zero-order valence-electron chi connectivity index (χ0n) is 10.0. The van der Waals surface area contributed by atoms with Crippen molar-refractivity contribution in [3.05, 3.63) is 24.0 Å². The van der Waals surface area contributed by atoms with Crippen LogP contribution in [-0.2, 0) is 0 Å². The lowest BCUT2D eigenvalue weighted by atomic mass is 10.1. The normalized spacial score (nSPS) is 19.4. The number of nitrogens with one attached hydrogen (secondary N) is 1. The van der Waals surface area contributed by atoms with Crippen LogP contribution >= 0.6 is 0 Å². The van der Waals surface area contributed by atoms with E-state index in [0.717, 1.165) is 25.8 Å². The van der Waals surface area contributed by atoms with Gasteiger partial charge in [0.15, 0.2) is 0 Å². The molecule has 5 heteroatoms. The fourth-order valence-electron chi connectivity index (χ4n) is 2.31. The molecule has 1 aliphatic rings. The second-order valence-corrected chi connectivity index (χ2v) is 4.28. The maximum Gasteiger partial charge on any atom is 0.272 e. The van der Waals surface area contributed by atoms with Crippen LogP contribution in [0.15, 0.2) is 18.3 Å². The average molecular weight is 234 g/mol. The smallest absolute Gasteiger partial charge is 0.272 e. The van der Waals surface area contributed by atoms with E-state index in [1.165, 1.54) is 0 Å². The monoisotopic (exact) mass is 234 g/mol. The first-order chi connectivity index (χ1) is 8.26. The summed E-state index contributed by atoms with van der Waals surface area (Å²) in [4.78, 5) is 18.3. The molecule has 0 radical (unpaired) electrons. The van der Waals surface area contributed by atoms with Crippen LogP contribution in [0.25, 0.3) is 0 Å². The summed E-state index contributed by atoms with van der Waals surface area (Å²) < 4.78 is 0. The highest BCUT2D eigenvalue weighted by Crippen LogP contribution is 2.22. The highest BCUT2D eigenvalue weighted by atomic mass is 16.2. The van der Waals surface area contributed by atoms with Gasteiger partial charge in [-0.05, 0) is 31.4 Å². The molecule has 1 fully saturated rings. The molecular weight excluding hydrogens is 216 g/mol. The van der Waals surface area contributed by atoms with Gasteiger partial charge in [-0.15, -0.1) is 0 Å². The van der Waals surface area contributed by atoms with Gasteiger partial charge in [0.05, 0.1) is 5.69 Å². The van der Waals surface area contributed by atoms with Crippen molar-refractivity contribution in [3.8, 4) is 0 Å². The predicted octanol–water partition coefficient (Wildman–Crippen LogP) is 1.38. The number of aromatic nitrogens is 1. The van der Waals surface area contributed by atoms with E-state index in [9.17, 15) is 4.79 Å². The first-order valence-electron chi connectivity index (χ1n) is 6.00. The first kappa shape index (κ1) is 11.9. The van der Waals surface area contributed by atoms with Gasteiger partial charge in [0, 0.05) is 18.8 Å². The number of carbonyl (C=O) groups is 1. The molecule has 1 aliphatic heterocycles. The Hall–Kier alpha value is -1.62. The number of nitrogens with two attached hydrogens (primary N) is 1. The molecule has 17 heavy (non-hydrogen) atoms. The summed E-state index contributed by atoms with van der Waals surface area (Å²) in [5, 5.41) is 0. The summed E-state index contributed by atoms with van der Waals surface area (Å²) in [7, 11) is 0. The Balaban J connectivity index is 2.18. The van der Waals surface area contributed by atoms with Crippen LogP contribution in [0, 0.1) is 0 Å². The Bertz CT molecular complexity index is 407. The van der Waals surface area contributed by atoms with Gasteiger partial charge in [-0.3, -0.25) is 15.6 Å². The van der Waals surface area contributed by atoms with Crippen LogP contribution in [0.3, 0.4) is 0 Å². The second-order valence-electron chi connectivity index (χ2n) is 4.28. The van der Waals surface area contributed by atoms with Gasteiger partial charge in [0.2, 0.25) is 0 Å². The van der Waals surface area contributed by atoms with Crippen LogP contribution in [0.5, 0.6) is 0 Å². The molecule has 3 N–H and O–H groups in total. The van der Waals surface area contributed by atoms with E-state index in [4.69, 9.17) is 5.84 Å². The summed E-state index contributed by atoms with van der Waals surface area (Å²) in [6, 6.07) is 3.78. The Kier molecular flexibility index (Phi) is 3.58. The third-order valence-corrected chi connectivity index (χ3v) is 3.25. The topological polar surface area (TPSA) is 71.2 Å². The molecule has 5 nitrogen and oxygen atoms in total. The van der Waals surface area contributed by atoms with E-state index >= 15 is 0 Å². The quantitative estimate of drug-likeness (QED) is 0.612. The van der Waals surface area contributed by atoms with Gasteiger partial charge in [0.1, 0.15) is 5.69 Å². The van der Waals surface area contributed by atoms with Crippen LogP contribution in [0.2, 0.25) is 0 Å². The molecule has 0 aromatic carbocycles. The van der Waals surface area contributed by atoms with Crippen molar-refractivity contribution in [2.75, 3.05) is 12.0 Å². The summed E-state index contributed by atoms with van der Waals surface area (Å²) >= 11 is 0.